The molecule has 3 aliphatic rings. The molecule has 134 valence electrons. The van der Waals surface area contributed by atoms with Gasteiger partial charge in [0.05, 0.1) is 10.7 Å². The lowest BCUT2D eigenvalue weighted by atomic mass is 9.93. The minimum atomic E-state index is 0. The van der Waals surface area contributed by atoms with E-state index in [0.717, 1.165) is 51.9 Å². The average molecular weight is 370 g/mol. The van der Waals surface area contributed by atoms with Crippen LogP contribution in [0.2, 0.25) is 0 Å². The largest absolute Gasteiger partial charge is 0.342 e. The Morgan fingerprint density at radius 1 is 1.12 bits per heavy atom. The number of carbonyl (C=O) groups is 1. The van der Waals surface area contributed by atoms with E-state index in [1.165, 1.54) is 41.3 Å². The SMILES string of the molecule is Cl.O=C(C1CCNCC1)N1CCCC(c2nc3c(s2)CCCC3)C1. The van der Waals surface area contributed by atoms with E-state index in [1.807, 2.05) is 11.3 Å². The average Bonchev–Trinajstić information content (AvgIpc) is 3.06. The number of hydrogen-bond acceptors (Lipinski definition) is 4. The third kappa shape index (κ3) is 3.78. The van der Waals surface area contributed by atoms with Crippen molar-refractivity contribution in [3.8, 4) is 0 Å². The Balaban J connectivity index is 0.00000169. The molecule has 1 aromatic heterocycles. The number of nitrogens with one attached hydrogen (secondary N) is 1. The van der Waals surface area contributed by atoms with Gasteiger partial charge in [-0.1, -0.05) is 0 Å². The Kier molecular flexibility index (Phi) is 6.17. The summed E-state index contributed by atoms with van der Waals surface area (Å²) in [6, 6.07) is 0. The molecule has 1 amide bonds. The number of hydrogen-bond donors (Lipinski definition) is 1. The molecule has 0 radical (unpaired) electrons. The predicted octanol–water partition coefficient (Wildman–Crippen LogP) is 3.15. The number of halogens is 1. The maximum absolute atomic E-state index is 12.8. The minimum absolute atomic E-state index is 0. The summed E-state index contributed by atoms with van der Waals surface area (Å²) in [4.78, 5) is 21.4. The van der Waals surface area contributed by atoms with E-state index in [2.05, 4.69) is 10.2 Å². The van der Waals surface area contributed by atoms with Gasteiger partial charge in [-0.15, -0.1) is 23.7 Å². The highest BCUT2D eigenvalue weighted by atomic mass is 35.5. The number of piperidine rings is 2. The Morgan fingerprint density at radius 2 is 1.92 bits per heavy atom. The monoisotopic (exact) mass is 369 g/mol. The molecule has 1 N–H and O–H groups in total. The van der Waals surface area contributed by atoms with Crippen LogP contribution in [0.1, 0.15) is 60.0 Å². The Bertz CT molecular complexity index is 547. The summed E-state index contributed by atoms with van der Waals surface area (Å²) in [6.45, 7) is 3.83. The van der Waals surface area contributed by atoms with Crippen LogP contribution in [0, 0.1) is 5.92 Å². The normalized spacial score (nSPS) is 25.0. The van der Waals surface area contributed by atoms with Gasteiger partial charge in [0.2, 0.25) is 5.91 Å². The van der Waals surface area contributed by atoms with E-state index >= 15 is 0 Å². The summed E-state index contributed by atoms with van der Waals surface area (Å²) in [5, 5.41) is 4.66. The molecule has 0 spiro atoms. The van der Waals surface area contributed by atoms with Crippen molar-refractivity contribution >= 4 is 29.7 Å². The molecule has 6 heteroatoms. The zero-order chi connectivity index (χ0) is 15.6. The number of nitrogens with zero attached hydrogens (tertiary/aromatic N) is 2. The summed E-state index contributed by atoms with van der Waals surface area (Å²) in [7, 11) is 0. The van der Waals surface area contributed by atoms with Crippen molar-refractivity contribution in [1.29, 1.82) is 0 Å². The first kappa shape index (κ1) is 18.2. The molecular weight excluding hydrogens is 342 g/mol. The maximum atomic E-state index is 12.8. The molecule has 2 saturated heterocycles. The van der Waals surface area contributed by atoms with Crippen LogP contribution >= 0.6 is 23.7 Å². The summed E-state index contributed by atoms with van der Waals surface area (Å²) in [5.74, 6) is 1.13. The van der Waals surface area contributed by atoms with Gasteiger partial charge in [0, 0.05) is 29.8 Å². The van der Waals surface area contributed by atoms with Gasteiger partial charge < -0.3 is 10.2 Å². The number of likely N-dealkylation sites (tertiary alicyclic amines) is 1. The highest BCUT2D eigenvalue weighted by Crippen LogP contribution is 2.35. The molecule has 1 unspecified atom stereocenters. The van der Waals surface area contributed by atoms with Crippen molar-refractivity contribution in [2.24, 2.45) is 5.92 Å². The molecule has 0 saturated carbocycles. The molecule has 3 heterocycles. The third-order valence-electron chi connectivity index (χ3n) is 5.63. The first-order valence-electron chi connectivity index (χ1n) is 9.29. The first-order valence-corrected chi connectivity index (χ1v) is 10.1. The van der Waals surface area contributed by atoms with Crippen molar-refractivity contribution in [3.05, 3.63) is 15.6 Å². The molecule has 24 heavy (non-hydrogen) atoms. The van der Waals surface area contributed by atoms with Gasteiger partial charge in [-0.25, -0.2) is 4.98 Å². The van der Waals surface area contributed by atoms with Crippen molar-refractivity contribution in [3.63, 3.8) is 0 Å². The summed E-state index contributed by atoms with van der Waals surface area (Å²) < 4.78 is 0. The second kappa shape index (κ2) is 8.15. The number of carbonyl (C=O) groups excluding carboxylic acids is 1. The topological polar surface area (TPSA) is 45.2 Å². The molecule has 2 fully saturated rings. The molecule has 0 aromatic carbocycles. The van der Waals surface area contributed by atoms with Crippen molar-refractivity contribution < 1.29 is 4.79 Å². The van der Waals surface area contributed by atoms with Gasteiger partial charge in [0.25, 0.3) is 0 Å². The molecule has 4 nitrogen and oxygen atoms in total. The zero-order valence-electron chi connectivity index (χ0n) is 14.3. The molecule has 2 aliphatic heterocycles. The fourth-order valence-electron chi connectivity index (χ4n) is 4.25. The van der Waals surface area contributed by atoms with Gasteiger partial charge >= 0.3 is 0 Å². The fraction of sp³-hybridized carbons (Fsp3) is 0.778. The van der Waals surface area contributed by atoms with Crippen LogP contribution in [0.3, 0.4) is 0 Å². The summed E-state index contributed by atoms with van der Waals surface area (Å²) in [5.41, 5.74) is 1.36. The number of amides is 1. The molecule has 4 rings (SSSR count). The van der Waals surface area contributed by atoms with Crippen LogP contribution < -0.4 is 5.32 Å². The van der Waals surface area contributed by atoms with Crippen molar-refractivity contribution in [2.45, 2.75) is 57.3 Å². The summed E-state index contributed by atoms with van der Waals surface area (Å²) >= 11 is 1.93. The first-order chi connectivity index (χ1) is 11.3. The van der Waals surface area contributed by atoms with Crippen LogP contribution in [0.4, 0.5) is 0 Å². The Hall–Kier alpha value is -0.650. The lowest BCUT2D eigenvalue weighted by Crippen LogP contribution is -2.45. The molecule has 0 bridgehead atoms. The Labute approximate surface area is 154 Å². The lowest BCUT2D eigenvalue weighted by Gasteiger charge is -2.35. The second-order valence-electron chi connectivity index (χ2n) is 7.28. The van der Waals surface area contributed by atoms with Gasteiger partial charge in [-0.05, 0) is 64.5 Å². The summed E-state index contributed by atoms with van der Waals surface area (Å²) in [6.07, 6.45) is 9.33. The molecule has 1 atom stereocenters. The fourth-order valence-corrected chi connectivity index (χ4v) is 5.53. The van der Waals surface area contributed by atoms with E-state index in [4.69, 9.17) is 4.98 Å². The second-order valence-corrected chi connectivity index (χ2v) is 8.39. The predicted molar refractivity (Wildman–Crippen MR) is 100 cm³/mol. The van der Waals surface area contributed by atoms with Crippen LogP contribution in [0.25, 0.3) is 0 Å². The maximum Gasteiger partial charge on any atom is 0.225 e. The van der Waals surface area contributed by atoms with Crippen molar-refractivity contribution in [2.75, 3.05) is 26.2 Å². The van der Waals surface area contributed by atoms with E-state index in [9.17, 15) is 4.79 Å². The molecular formula is C18H28ClN3OS. The van der Waals surface area contributed by atoms with Gasteiger partial charge in [-0.3, -0.25) is 4.79 Å². The highest BCUT2D eigenvalue weighted by molar-refractivity contribution is 7.11. The van der Waals surface area contributed by atoms with Crippen molar-refractivity contribution in [1.82, 2.24) is 15.2 Å². The standard InChI is InChI=1S/C18H27N3OS.ClH/c22-18(13-7-9-19-10-8-13)21-11-3-4-14(12-21)17-20-15-5-1-2-6-16(15)23-17;/h13-14,19H,1-12H2;1H. The third-order valence-corrected chi connectivity index (χ3v) is 6.95. The van der Waals surface area contributed by atoms with E-state index in [-0.39, 0.29) is 18.3 Å². The van der Waals surface area contributed by atoms with Gasteiger partial charge in [0.1, 0.15) is 0 Å². The minimum Gasteiger partial charge on any atom is -0.342 e. The van der Waals surface area contributed by atoms with Crippen LogP contribution in [-0.2, 0) is 17.6 Å². The van der Waals surface area contributed by atoms with Gasteiger partial charge in [0.15, 0.2) is 0 Å². The lowest BCUT2D eigenvalue weighted by molar-refractivity contribution is -0.137. The quantitative estimate of drug-likeness (QED) is 0.870. The van der Waals surface area contributed by atoms with E-state index in [0.29, 0.717) is 11.8 Å². The smallest absolute Gasteiger partial charge is 0.225 e. The molecule has 1 aromatic rings. The van der Waals surface area contributed by atoms with E-state index in [1.54, 1.807) is 0 Å². The molecule has 1 aliphatic carbocycles. The number of thiazole rings is 1. The van der Waals surface area contributed by atoms with Crippen LogP contribution in [-0.4, -0.2) is 42.0 Å². The Morgan fingerprint density at radius 3 is 2.71 bits per heavy atom. The number of aromatic nitrogens is 1. The number of rotatable bonds is 2. The van der Waals surface area contributed by atoms with Crippen LogP contribution in [0.5, 0.6) is 0 Å². The highest BCUT2D eigenvalue weighted by Gasteiger charge is 2.31. The van der Waals surface area contributed by atoms with Gasteiger partial charge in [-0.2, -0.15) is 0 Å². The number of aryl methyl sites for hydroxylation is 2. The van der Waals surface area contributed by atoms with Crippen LogP contribution in [0.15, 0.2) is 0 Å². The zero-order valence-corrected chi connectivity index (χ0v) is 15.9. The van der Waals surface area contributed by atoms with E-state index < -0.39 is 0 Å². The number of fused-ring (bicyclic) bond motifs is 1.